The predicted octanol–water partition coefficient (Wildman–Crippen LogP) is 1.06. The number of amidine groups is 1. The predicted molar refractivity (Wildman–Crippen MR) is 66.2 cm³/mol. The highest BCUT2D eigenvalue weighted by atomic mass is 15.1. The minimum Gasteiger partial charge on any atom is -0.279 e. The second-order valence-electron chi connectivity index (χ2n) is 6.82. The van der Waals surface area contributed by atoms with Crippen molar-refractivity contribution in [3.05, 3.63) is 0 Å². The van der Waals surface area contributed by atoms with Crippen molar-refractivity contribution in [2.24, 2.45) is 16.7 Å². The third-order valence-electron chi connectivity index (χ3n) is 6.08. The van der Waals surface area contributed by atoms with Gasteiger partial charge in [0.05, 0.1) is 19.0 Å². The van der Waals surface area contributed by atoms with E-state index in [9.17, 15) is 0 Å². The molecule has 2 N–H and O–H groups in total. The Balaban J connectivity index is 1.79. The molecule has 0 spiro atoms. The third-order valence-corrected chi connectivity index (χ3v) is 6.08. The lowest BCUT2D eigenvalue weighted by Gasteiger charge is -2.37. The van der Waals surface area contributed by atoms with Crippen molar-refractivity contribution >= 4 is 5.84 Å². The Kier molecular flexibility index (Phi) is 2.15. The van der Waals surface area contributed by atoms with Crippen LogP contribution in [0.25, 0.3) is 0 Å². The lowest BCUT2D eigenvalue weighted by atomic mass is 9.69. The normalized spacial score (nSPS) is 44.8. The SMILES string of the molecule is CC1(C)[C@H]2CC[C@@]1(C)[C@H](NC1=[NH+]CCC1)C2. The summed E-state index contributed by atoms with van der Waals surface area (Å²) in [6.07, 6.45) is 6.78. The molecule has 0 amide bonds. The molecule has 2 heteroatoms. The first kappa shape index (κ1) is 10.6. The van der Waals surface area contributed by atoms with Crippen molar-refractivity contribution in [1.29, 1.82) is 0 Å². The Morgan fingerprint density at radius 3 is 2.62 bits per heavy atom. The molecule has 1 heterocycles. The molecular weight excluding hydrogens is 196 g/mol. The van der Waals surface area contributed by atoms with Crippen LogP contribution in [0.5, 0.6) is 0 Å². The Morgan fingerprint density at radius 1 is 1.31 bits per heavy atom. The second kappa shape index (κ2) is 3.24. The summed E-state index contributed by atoms with van der Waals surface area (Å²) in [6, 6.07) is 0.710. The van der Waals surface area contributed by atoms with Gasteiger partial charge in [-0.05, 0) is 37.0 Å². The zero-order valence-corrected chi connectivity index (χ0v) is 10.9. The molecule has 2 fully saturated rings. The highest BCUT2D eigenvalue weighted by molar-refractivity contribution is 5.77. The molecule has 3 atom stereocenters. The molecule has 0 aromatic heterocycles. The molecule has 0 aromatic carbocycles. The van der Waals surface area contributed by atoms with E-state index in [4.69, 9.17) is 0 Å². The van der Waals surface area contributed by atoms with Crippen LogP contribution in [-0.4, -0.2) is 18.4 Å². The molecule has 1 aliphatic heterocycles. The van der Waals surface area contributed by atoms with Gasteiger partial charge in [0.1, 0.15) is 0 Å². The van der Waals surface area contributed by atoms with E-state index in [1.165, 1.54) is 44.5 Å². The van der Waals surface area contributed by atoms with E-state index < -0.39 is 0 Å². The molecular formula is C14H25N2+. The molecule has 2 aliphatic carbocycles. The maximum absolute atomic E-state index is 3.81. The van der Waals surface area contributed by atoms with Gasteiger partial charge < -0.3 is 0 Å². The summed E-state index contributed by atoms with van der Waals surface area (Å²) in [6.45, 7) is 8.64. The van der Waals surface area contributed by atoms with Crippen molar-refractivity contribution < 1.29 is 4.99 Å². The molecule has 3 aliphatic rings. The van der Waals surface area contributed by atoms with Crippen molar-refractivity contribution in [3.63, 3.8) is 0 Å². The van der Waals surface area contributed by atoms with Gasteiger partial charge in [-0.2, -0.15) is 0 Å². The van der Waals surface area contributed by atoms with Crippen molar-refractivity contribution in [2.75, 3.05) is 6.54 Å². The van der Waals surface area contributed by atoms with Gasteiger partial charge in [0.25, 0.3) is 0 Å². The van der Waals surface area contributed by atoms with E-state index in [1.54, 1.807) is 0 Å². The average molecular weight is 221 g/mol. The van der Waals surface area contributed by atoms with E-state index in [-0.39, 0.29) is 0 Å². The minimum absolute atomic E-state index is 0.509. The molecule has 0 radical (unpaired) electrons. The van der Waals surface area contributed by atoms with E-state index in [0.717, 1.165) is 5.92 Å². The first-order valence-electron chi connectivity index (χ1n) is 6.90. The van der Waals surface area contributed by atoms with Crippen LogP contribution < -0.4 is 10.3 Å². The van der Waals surface area contributed by atoms with Gasteiger partial charge in [0, 0.05) is 5.41 Å². The lowest BCUT2D eigenvalue weighted by Crippen LogP contribution is -2.73. The topological polar surface area (TPSA) is 26.0 Å². The lowest BCUT2D eigenvalue weighted by molar-refractivity contribution is -0.449. The zero-order chi connectivity index (χ0) is 11.4. The van der Waals surface area contributed by atoms with Crippen LogP contribution in [0.15, 0.2) is 0 Å². The summed E-state index contributed by atoms with van der Waals surface area (Å²) >= 11 is 0. The summed E-state index contributed by atoms with van der Waals surface area (Å²) in [4.78, 5) is 3.49. The van der Waals surface area contributed by atoms with Crippen molar-refractivity contribution in [3.8, 4) is 0 Å². The van der Waals surface area contributed by atoms with Crippen LogP contribution in [0.1, 0.15) is 52.9 Å². The molecule has 16 heavy (non-hydrogen) atoms. The highest BCUT2D eigenvalue weighted by Crippen LogP contribution is 2.65. The Hall–Kier alpha value is -0.530. The maximum Gasteiger partial charge on any atom is 0.242 e. The fraction of sp³-hybridized carbons (Fsp3) is 0.929. The van der Waals surface area contributed by atoms with Gasteiger partial charge in [-0.15, -0.1) is 0 Å². The minimum atomic E-state index is 0.509. The van der Waals surface area contributed by atoms with Crippen molar-refractivity contribution in [1.82, 2.24) is 5.32 Å². The van der Waals surface area contributed by atoms with E-state index in [1.807, 2.05) is 0 Å². The fourth-order valence-electron chi connectivity index (χ4n) is 4.35. The molecule has 0 saturated heterocycles. The number of hydrogen-bond donors (Lipinski definition) is 2. The summed E-state index contributed by atoms with van der Waals surface area (Å²) in [5.74, 6) is 2.35. The monoisotopic (exact) mass is 221 g/mol. The first-order chi connectivity index (χ1) is 7.54. The Bertz CT molecular complexity index is 332. The summed E-state index contributed by atoms with van der Waals surface area (Å²) < 4.78 is 0. The van der Waals surface area contributed by atoms with Crippen LogP contribution in [0, 0.1) is 16.7 Å². The van der Waals surface area contributed by atoms with Gasteiger partial charge in [-0.1, -0.05) is 20.8 Å². The molecule has 2 saturated carbocycles. The van der Waals surface area contributed by atoms with E-state index in [2.05, 4.69) is 31.1 Å². The number of rotatable bonds is 1. The summed E-state index contributed by atoms with van der Waals surface area (Å²) in [5.41, 5.74) is 1.04. The Morgan fingerprint density at radius 2 is 2.12 bits per heavy atom. The van der Waals surface area contributed by atoms with Gasteiger partial charge in [0.15, 0.2) is 0 Å². The average Bonchev–Trinajstić information content (AvgIpc) is 2.84. The Labute approximate surface area is 98.9 Å². The molecule has 2 nitrogen and oxygen atoms in total. The third kappa shape index (κ3) is 1.22. The van der Waals surface area contributed by atoms with Gasteiger partial charge in [0.2, 0.25) is 5.84 Å². The quantitative estimate of drug-likeness (QED) is 0.680. The number of hydrogen-bond acceptors (Lipinski definition) is 1. The zero-order valence-electron chi connectivity index (χ0n) is 10.9. The van der Waals surface area contributed by atoms with Crippen LogP contribution >= 0.6 is 0 Å². The standard InChI is InChI=1S/C14H24N2/c1-13(2)10-6-7-14(13,3)11(9-10)16-12-5-4-8-15-12/h10-11H,4-9H2,1-3H3,(H,15,16)/p+1/t10-,11+,14-/m0/s1. The molecule has 2 bridgehead atoms. The van der Waals surface area contributed by atoms with Crippen molar-refractivity contribution in [2.45, 2.75) is 58.9 Å². The maximum atomic E-state index is 3.81. The van der Waals surface area contributed by atoms with Crippen LogP contribution in [0.3, 0.4) is 0 Å². The van der Waals surface area contributed by atoms with Crippen LogP contribution in [0.4, 0.5) is 0 Å². The van der Waals surface area contributed by atoms with Crippen LogP contribution in [0.2, 0.25) is 0 Å². The van der Waals surface area contributed by atoms with Gasteiger partial charge in [-0.3, -0.25) is 10.3 Å². The van der Waals surface area contributed by atoms with E-state index >= 15 is 0 Å². The second-order valence-corrected chi connectivity index (χ2v) is 6.82. The van der Waals surface area contributed by atoms with Crippen LogP contribution in [-0.2, 0) is 0 Å². The number of fused-ring (bicyclic) bond motifs is 2. The highest BCUT2D eigenvalue weighted by Gasteiger charge is 2.63. The largest absolute Gasteiger partial charge is 0.279 e. The number of nitrogens with one attached hydrogen (secondary N) is 2. The summed E-state index contributed by atoms with van der Waals surface area (Å²) in [5, 5.41) is 3.81. The first-order valence-corrected chi connectivity index (χ1v) is 6.90. The smallest absolute Gasteiger partial charge is 0.242 e. The van der Waals surface area contributed by atoms with Gasteiger partial charge >= 0.3 is 0 Å². The molecule has 3 rings (SSSR count). The summed E-state index contributed by atoms with van der Waals surface area (Å²) in [7, 11) is 0. The fourth-order valence-corrected chi connectivity index (χ4v) is 4.35. The molecule has 90 valence electrons. The molecule has 0 aromatic rings. The van der Waals surface area contributed by atoms with E-state index in [0.29, 0.717) is 16.9 Å². The van der Waals surface area contributed by atoms with Gasteiger partial charge in [-0.25, -0.2) is 0 Å². The molecule has 0 unspecified atom stereocenters.